The van der Waals surface area contributed by atoms with Crippen molar-refractivity contribution in [2.24, 2.45) is 0 Å². The smallest absolute Gasteiger partial charge is 0.250 e. The van der Waals surface area contributed by atoms with Gasteiger partial charge in [0.15, 0.2) is 0 Å². The van der Waals surface area contributed by atoms with Gasteiger partial charge in [0.2, 0.25) is 11.5 Å². The Hall–Kier alpha value is -2.57. The molecule has 0 saturated carbocycles. The highest BCUT2D eigenvalue weighted by Crippen LogP contribution is 2.32. The number of methoxy groups -OCH3 is 1. The van der Waals surface area contributed by atoms with E-state index in [0.717, 1.165) is 26.3 Å². The lowest BCUT2D eigenvalue weighted by atomic mass is 10.1. The third-order valence-electron chi connectivity index (χ3n) is 3.60. The first-order chi connectivity index (χ1) is 12.0. The van der Waals surface area contributed by atoms with Crippen LogP contribution in [-0.4, -0.2) is 24.6 Å². The average Bonchev–Trinajstić information content (AvgIpc) is 2.57. The first kappa shape index (κ1) is 17.3. The number of nitrogens with one attached hydrogen (secondary N) is 2. The van der Waals surface area contributed by atoms with Crippen LogP contribution in [-0.2, 0) is 9.53 Å². The molecule has 0 aliphatic rings. The van der Waals surface area contributed by atoms with Crippen molar-refractivity contribution in [3.8, 4) is 0 Å². The van der Waals surface area contributed by atoms with Gasteiger partial charge >= 0.3 is 0 Å². The maximum absolute atomic E-state index is 11.9. The largest absolute Gasteiger partial charge is 0.375 e. The number of amides is 1. The number of carbonyl (C=O) groups excluding carboxylic acids is 1. The lowest BCUT2D eigenvalue weighted by Crippen LogP contribution is -2.16. The maximum Gasteiger partial charge on any atom is 0.250 e. The Labute approximate surface area is 149 Å². The number of pyridine rings is 1. The van der Waals surface area contributed by atoms with E-state index in [4.69, 9.17) is 4.74 Å². The number of benzene rings is 2. The number of aromatic amines is 1. The van der Waals surface area contributed by atoms with Gasteiger partial charge in [0.05, 0.1) is 0 Å². The van der Waals surface area contributed by atoms with E-state index in [9.17, 15) is 9.59 Å². The lowest BCUT2D eigenvalue weighted by molar-refractivity contribution is -0.119. The van der Waals surface area contributed by atoms with Crippen LogP contribution in [0.4, 0.5) is 5.69 Å². The molecule has 0 bridgehead atoms. The van der Waals surface area contributed by atoms with Gasteiger partial charge in [0, 0.05) is 39.6 Å². The molecule has 2 aromatic carbocycles. The monoisotopic (exact) mass is 354 g/mol. The second-order valence-corrected chi connectivity index (χ2v) is 6.77. The van der Waals surface area contributed by atoms with Gasteiger partial charge in [-0.3, -0.25) is 9.59 Å². The van der Waals surface area contributed by atoms with Crippen LogP contribution in [0.3, 0.4) is 0 Å². The van der Waals surface area contributed by atoms with Crippen LogP contribution in [0.25, 0.3) is 10.9 Å². The average molecular weight is 354 g/mol. The van der Waals surface area contributed by atoms with Crippen LogP contribution >= 0.6 is 11.8 Å². The molecule has 3 aromatic rings. The predicted molar refractivity (Wildman–Crippen MR) is 100 cm³/mol. The molecule has 1 heterocycles. The molecule has 5 nitrogen and oxygen atoms in total. The van der Waals surface area contributed by atoms with Crippen LogP contribution in [0.1, 0.15) is 5.56 Å². The maximum atomic E-state index is 11.9. The van der Waals surface area contributed by atoms with E-state index in [0.29, 0.717) is 5.69 Å². The van der Waals surface area contributed by atoms with Crippen LogP contribution < -0.4 is 10.9 Å². The van der Waals surface area contributed by atoms with Gasteiger partial charge in [-0.05, 0) is 43.3 Å². The van der Waals surface area contributed by atoms with Crippen molar-refractivity contribution in [1.29, 1.82) is 0 Å². The second kappa shape index (κ2) is 7.55. The molecule has 0 atom stereocenters. The van der Waals surface area contributed by atoms with E-state index < -0.39 is 0 Å². The molecule has 25 heavy (non-hydrogen) atoms. The third-order valence-corrected chi connectivity index (χ3v) is 4.67. The minimum absolute atomic E-state index is 0.0225. The Morgan fingerprint density at radius 1 is 1.16 bits per heavy atom. The summed E-state index contributed by atoms with van der Waals surface area (Å²) in [5.41, 5.74) is 2.54. The number of hydrogen-bond acceptors (Lipinski definition) is 4. The fourth-order valence-corrected chi connectivity index (χ4v) is 3.45. The number of fused-ring (bicyclic) bond motifs is 1. The van der Waals surface area contributed by atoms with E-state index in [-0.39, 0.29) is 18.1 Å². The molecule has 1 amide bonds. The van der Waals surface area contributed by atoms with Crippen molar-refractivity contribution in [2.45, 2.75) is 16.7 Å². The molecule has 0 aliphatic heterocycles. The summed E-state index contributed by atoms with van der Waals surface area (Å²) in [6.07, 6.45) is 0. The molecule has 0 spiro atoms. The zero-order valence-corrected chi connectivity index (χ0v) is 14.8. The Bertz CT molecular complexity index is 965. The SMILES string of the molecule is COCC(=O)Nc1ccc(Sc2cc(=O)[nH]c3ccc(C)cc23)cc1. The second-order valence-electron chi connectivity index (χ2n) is 5.65. The summed E-state index contributed by atoms with van der Waals surface area (Å²) in [6.45, 7) is 2.05. The molecule has 0 fully saturated rings. The summed E-state index contributed by atoms with van der Waals surface area (Å²) in [7, 11) is 1.48. The van der Waals surface area contributed by atoms with Crippen LogP contribution in [0, 0.1) is 6.92 Å². The van der Waals surface area contributed by atoms with Crippen molar-refractivity contribution in [1.82, 2.24) is 4.98 Å². The van der Waals surface area contributed by atoms with Gasteiger partial charge in [-0.1, -0.05) is 23.4 Å². The molecule has 0 unspecified atom stereocenters. The van der Waals surface area contributed by atoms with Crippen LogP contribution in [0.5, 0.6) is 0 Å². The van der Waals surface area contributed by atoms with Crippen molar-refractivity contribution >= 4 is 34.3 Å². The van der Waals surface area contributed by atoms with E-state index in [1.165, 1.54) is 18.9 Å². The van der Waals surface area contributed by atoms with Crippen molar-refractivity contribution < 1.29 is 9.53 Å². The molecule has 0 saturated heterocycles. The Morgan fingerprint density at radius 2 is 1.92 bits per heavy atom. The predicted octanol–water partition coefficient (Wildman–Crippen LogP) is 3.57. The van der Waals surface area contributed by atoms with Gasteiger partial charge < -0.3 is 15.0 Å². The highest BCUT2D eigenvalue weighted by Gasteiger charge is 2.07. The molecular weight excluding hydrogens is 336 g/mol. The molecule has 6 heteroatoms. The van der Waals surface area contributed by atoms with Crippen LogP contribution in [0.15, 0.2) is 63.1 Å². The number of aromatic nitrogens is 1. The highest BCUT2D eigenvalue weighted by molar-refractivity contribution is 7.99. The number of H-pyrrole nitrogens is 1. The van der Waals surface area contributed by atoms with E-state index in [1.54, 1.807) is 6.07 Å². The molecule has 128 valence electrons. The number of carbonyl (C=O) groups is 1. The Balaban J connectivity index is 1.85. The van der Waals surface area contributed by atoms with Crippen molar-refractivity contribution in [2.75, 3.05) is 19.0 Å². The zero-order chi connectivity index (χ0) is 17.8. The molecule has 0 aliphatic carbocycles. The summed E-state index contributed by atoms with van der Waals surface area (Å²) in [5, 5.41) is 3.77. The standard InChI is InChI=1S/C19H18N2O3S/c1-12-3-8-16-15(9-12)17(10-18(22)21-16)25-14-6-4-13(5-7-14)20-19(23)11-24-2/h3-10H,11H2,1-2H3,(H,20,23)(H,21,22). The minimum Gasteiger partial charge on any atom is -0.375 e. The summed E-state index contributed by atoms with van der Waals surface area (Å²) >= 11 is 1.52. The summed E-state index contributed by atoms with van der Waals surface area (Å²) in [4.78, 5) is 28.2. The first-order valence-corrected chi connectivity index (χ1v) is 8.57. The number of hydrogen-bond donors (Lipinski definition) is 2. The Morgan fingerprint density at radius 3 is 2.64 bits per heavy atom. The van der Waals surface area contributed by atoms with E-state index >= 15 is 0 Å². The van der Waals surface area contributed by atoms with Gasteiger partial charge in [-0.2, -0.15) is 0 Å². The number of aryl methyl sites for hydroxylation is 1. The van der Waals surface area contributed by atoms with Gasteiger partial charge in [-0.25, -0.2) is 0 Å². The molecule has 1 aromatic heterocycles. The summed E-state index contributed by atoms with van der Waals surface area (Å²) in [5.74, 6) is -0.195. The summed E-state index contributed by atoms with van der Waals surface area (Å²) in [6, 6.07) is 15.1. The Kier molecular flexibility index (Phi) is 5.21. The fourth-order valence-electron chi connectivity index (χ4n) is 2.48. The molecular formula is C19H18N2O3S. The van der Waals surface area contributed by atoms with Crippen LogP contribution in [0.2, 0.25) is 0 Å². The van der Waals surface area contributed by atoms with Crippen molar-refractivity contribution in [3.63, 3.8) is 0 Å². The molecule has 2 N–H and O–H groups in total. The normalized spacial score (nSPS) is 10.8. The summed E-state index contributed by atoms with van der Waals surface area (Å²) < 4.78 is 4.79. The third kappa shape index (κ3) is 4.29. The molecule has 3 rings (SSSR count). The number of rotatable bonds is 5. The van der Waals surface area contributed by atoms with Crippen molar-refractivity contribution in [3.05, 3.63) is 64.4 Å². The van der Waals surface area contributed by atoms with Gasteiger partial charge in [-0.15, -0.1) is 0 Å². The zero-order valence-electron chi connectivity index (χ0n) is 14.0. The first-order valence-electron chi connectivity index (χ1n) is 7.75. The fraction of sp³-hybridized carbons (Fsp3) is 0.158. The minimum atomic E-state index is -0.195. The molecule has 0 radical (unpaired) electrons. The lowest BCUT2D eigenvalue weighted by Gasteiger charge is -2.08. The topological polar surface area (TPSA) is 71.2 Å². The quantitative estimate of drug-likeness (QED) is 0.735. The number of anilines is 1. The number of ether oxygens (including phenoxy) is 1. The van der Waals surface area contributed by atoms with E-state index in [2.05, 4.69) is 16.4 Å². The van der Waals surface area contributed by atoms with Gasteiger partial charge in [0.1, 0.15) is 6.61 Å². The van der Waals surface area contributed by atoms with E-state index in [1.807, 2.05) is 43.3 Å². The highest BCUT2D eigenvalue weighted by atomic mass is 32.2. The van der Waals surface area contributed by atoms with Gasteiger partial charge in [0.25, 0.3) is 0 Å².